The number of carbonyl (C=O) groups excluding carboxylic acids is 1. The summed E-state index contributed by atoms with van der Waals surface area (Å²) in [5, 5.41) is 25.7. The van der Waals surface area contributed by atoms with E-state index in [4.69, 9.17) is 4.42 Å². The summed E-state index contributed by atoms with van der Waals surface area (Å²) in [5.41, 5.74) is 2.08. The number of aliphatic hydroxyl groups excluding tert-OH is 2. The molecule has 1 aromatic carbocycles. The molecule has 2 aromatic rings. The van der Waals surface area contributed by atoms with E-state index in [9.17, 15) is 19.8 Å². The highest BCUT2D eigenvalue weighted by Crippen LogP contribution is 2.68. The molecule has 218 valence electrons. The molecular weight excluding hydrogens is 502 g/mol. The molecule has 1 aromatic heterocycles. The first-order valence-corrected chi connectivity index (χ1v) is 15.7. The average molecular weight is 550 g/mol. The van der Waals surface area contributed by atoms with Gasteiger partial charge in [0.15, 0.2) is 0 Å². The van der Waals surface area contributed by atoms with Gasteiger partial charge in [-0.25, -0.2) is 4.79 Å². The summed E-state index contributed by atoms with van der Waals surface area (Å²) >= 11 is 0. The van der Waals surface area contributed by atoms with Crippen LogP contribution in [0.25, 0.3) is 11.0 Å². The van der Waals surface area contributed by atoms with E-state index in [-0.39, 0.29) is 34.6 Å². The van der Waals surface area contributed by atoms with Crippen LogP contribution in [0.4, 0.5) is 5.69 Å². The van der Waals surface area contributed by atoms with Crippen LogP contribution in [0.3, 0.4) is 0 Å². The third-order valence-electron chi connectivity index (χ3n) is 12.5. The second-order valence-corrected chi connectivity index (χ2v) is 14.5. The predicted molar refractivity (Wildman–Crippen MR) is 157 cm³/mol. The van der Waals surface area contributed by atoms with Crippen molar-refractivity contribution in [1.82, 2.24) is 0 Å². The lowest BCUT2D eigenvalue weighted by molar-refractivity contribution is -0.174. The Bertz CT molecular complexity index is 1340. The molecule has 6 heteroatoms. The van der Waals surface area contributed by atoms with Crippen LogP contribution in [0.2, 0.25) is 0 Å². The quantitative estimate of drug-likeness (QED) is 0.372. The van der Waals surface area contributed by atoms with Crippen molar-refractivity contribution in [1.29, 1.82) is 0 Å². The number of benzene rings is 1. The summed E-state index contributed by atoms with van der Waals surface area (Å²) in [6, 6.07) is 6.97. The van der Waals surface area contributed by atoms with Gasteiger partial charge >= 0.3 is 5.63 Å². The standard InChI is InChI=1S/C34H47NO5/c1-19(5-10-30(38)35-22-6-7-24-20(2)15-31(39)40-29(24)18-22)25-8-9-26-32-27(12-14-34(25,26)4)33(3)13-11-23(36)16-21(33)17-28(32)37/h6-7,15,18-19,21,23,25-28,32,36-37H,5,8-14,16-17H2,1-4H3,(H,35,38). The van der Waals surface area contributed by atoms with Gasteiger partial charge in [0, 0.05) is 29.6 Å². The molecule has 10 atom stereocenters. The highest BCUT2D eigenvalue weighted by atomic mass is 16.4. The van der Waals surface area contributed by atoms with Gasteiger partial charge in [-0.2, -0.15) is 0 Å². The van der Waals surface area contributed by atoms with Crippen molar-refractivity contribution in [2.24, 2.45) is 46.3 Å². The van der Waals surface area contributed by atoms with Crippen LogP contribution in [-0.2, 0) is 4.79 Å². The molecule has 4 saturated carbocycles. The van der Waals surface area contributed by atoms with Crippen LogP contribution < -0.4 is 10.9 Å². The third kappa shape index (κ3) is 4.63. The van der Waals surface area contributed by atoms with E-state index in [2.05, 4.69) is 26.1 Å². The second-order valence-electron chi connectivity index (χ2n) is 14.5. The molecule has 6 nitrogen and oxygen atoms in total. The topological polar surface area (TPSA) is 99.8 Å². The fourth-order valence-corrected chi connectivity index (χ4v) is 10.4. The number of nitrogens with one attached hydrogen (secondary N) is 1. The summed E-state index contributed by atoms with van der Waals surface area (Å²) in [5.74, 6) is 2.90. The Balaban J connectivity index is 1.10. The number of aryl methyl sites for hydroxylation is 1. The van der Waals surface area contributed by atoms with Gasteiger partial charge in [0.2, 0.25) is 5.91 Å². The number of hydrogen-bond acceptors (Lipinski definition) is 5. The van der Waals surface area contributed by atoms with Crippen LogP contribution in [0.15, 0.2) is 33.5 Å². The van der Waals surface area contributed by atoms with E-state index in [1.807, 2.05) is 19.1 Å². The third-order valence-corrected chi connectivity index (χ3v) is 12.5. The number of anilines is 1. The van der Waals surface area contributed by atoms with E-state index < -0.39 is 0 Å². The molecule has 0 spiro atoms. The largest absolute Gasteiger partial charge is 0.423 e. The average Bonchev–Trinajstić information content (AvgIpc) is 3.25. The maximum Gasteiger partial charge on any atom is 0.336 e. The Hall–Kier alpha value is -2.18. The van der Waals surface area contributed by atoms with Crippen molar-refractivity contribution in [2.45, 2.75) is 104 Å². The minimum Gasteiger partial charge on any atom is -0.423 e. The van der Waals surface area contributed by atoms with Gasteiger partial charge in [-0.15, -0.1) is 0 Å². The highest BCUT2D eigenvalue weighted by molar-refractivity contribution is 5.93. The minimum atomic E-state index is -0.382. The van der Waals surface area contributed by atoms with Crippen LogP contribution in [0, 0.1) is 53.3 Å². The molecular formula is C34H47NO5. The lowest BCUT2D eigenvalue weighted by Gasteiger charge is -2.62. The Morgan fingerprint density at radius 2 is 1.80 bits per heavy atom. The fraction of sp³-hybridized carbons (Fsp3) is 0.706. The first-order valence-electron chi connectivity index (χ1n) is 15.7. The number of amides is 1. The molecule has 10 unspecified atom stereocenters. The molecule has 0 bridgehead atoms. The first-order chi connectivity index (χ1) is 19.0. The maximum absolute atomic E-state index is 12.9. The smallest absolute Gasteiger partial charge is 0.336 e. The summed E-state index contributed by atoms with van der Waals surface area (Å²) in [4.78, 5) is 24.7. The van der Waals surface area contributed by atoms with E-state index in [0.717, 1.165) is 43.1 Å². The molecule has 0 aliphatic heterocycles. The molecule has 1 amide bonds. The van der Waals surface area contributed by atoms with Gasteiger partial charge in [-0.1, -0.05) is 20.8 Å². The predicted octanol–water partition coefficient (Wildman–Crippen LogP) is 6.45. The summed E-state index contributed by atoms with van der Waals surface area (Å²) in [7, 11) is 0. The Morgan fingerprint density at radius 3 is 2.60 bits per heavy atom. The van der Waals surface area contributed by atoms with Crippen molar-refractivity contribution < 1.29 is 19.4 Å². The van der Waals surface area contributed by atoms with Crippen molar-refractivity contribution in [3.63, 3.8) is 0 Å². The van der Waals surface area contributed by atoms with E-state index in [1.165, 1.54) is 31.7 Å². The van der Waals surface area contributed by atoms with Crippen molar-refractivity contribution in [3.8, 4) is 0 Å². The molecule has 0 radical (unpaired) electrons. The van der Waals surface area contributed by atoms with Gasteiger partial charge in [-0.3, -0.25) is 4.79 Å². The molecule has 4 aliphatic rings. The lowest BCUT2D eigenvalue weighted by atomic mass is 9.43. The summed E-state index contributed by atoms with van der Waals surface area (Å²) < 4.78 is 5.34. The number of rotatable bonds is 5. The number of fused-ring (bicyclic) bond motifs is 6. The minimum absolute atomic E-state index is 0.00855. The lowest BCUT2D eigenvalue weighted by Crippen LogP contribution is -2.58. The Kier molecular flexibility index (Phi) is 7.18. The van der Waals surface area contributed by atoms with E-state index in [1.54, 1.807) is 6.07 Å². The summed E-state index contributed by atoms with van der Waals surface area (Å²) in [6.45, 7) is 9.15. The van der Waals surface area contributed by atoms with Crippen molar-refractivity contribution in [3.05, 3.63) is 40.2 Å². The number of carbonyl (C=O) groups is 1. The molecule has 4 fully saturated rings. The SMILES string of the molecule is Cc1cc(=O)oc2cc(NC(=O)CCC(C)C3CCC4C5C(O)CC6CC(O)CCC6(C)C5CCC34C)ccc12. The molecule has 6 rings (SSSR count). The summed E-state index contributed by atoms with van der Waals surface area (Å²) in [6.07, 6.45) is 9.30. The Morgan fingerprint density at radius 1 is 1.05 bits per heavy atom. The molecule has 1 heterocycles. The van der Waals surface area contributed by atoms with Gasteiger partial charge in [0.05, 0.1) is 12.2 Å². The van der Waals surface area contributed by atoms with Crippen LogP contribution in [0.5, 0.6) is 0 Å². The highest BCUT2D eigenvalue weighted by Gasteiger charge is 2.62. The Labute approximate surface area is 237 Å². The van der Waals surface area contributed by atoms with Crippen LogP contribution in [0.1, 0.15) is 90.5 Å². The van der Waals surface area contributed by atoms with E-state index in [0.29, 0.717) is 53.2 Å². The number of hydrogen-bond donors (Lipinski definition) is 3. The van der Waals surface area contributed by atoms with Crippen LogP contribution in [-0.4, -0.2) is 28.3 Å². The molecule has 4 aliphatic carbocycles. The zero-order valence-electron chi connectivity index (χ0n) is 24.6. The first kappa shape index (κ1) is 28.0. The number of aliphatic hydroxyl groups is 2. The van der Waals surface area contributed by atoms with Gasteiger partial charge in [0.25, 0.3) is 0 Å². The maximum atomic E-state index is 12.9. The zero-order chi connectivity index (χ0) is 28.4. The van der Waals surface area contributed by atoms with Crippen LogP contribution >= 0.6 is 0 Å². The van der Waals surface area contributed by atoms with E-state index >= 15 is 0 Å². The molecule has 0 saturated heterocycles. The molecule has 3 N–H and O–H groups in total. The molecule has 40 heavy (non-hydrogen) atoms. The fourth-order valence-electron chi connectivity index (χ4n) is 10.4. The van der Waals surface area contributed by atoms with Gasteiger partial charge in [-0.05, 0) is 129 Å². The van der Waals surface area contributed by atoms with Crippen molar-refractivity contribution >= 4 is 22.6 Å². The normalized spacial score (nSPS) is 39.7. The van der Waals surface area contributed by atoms with Crippen molar-refractivity contribution in [2.75, 3.05) is 5.32 Å². The zero-order valence-corrected chi connectivity index (χ0v) is 24.6. The van der Waals surface area contributed by atoms with Gasteiger partial charge in [0.1, 0.15) is 5.58 Å². The monoisotopic (exact) mass is 549 g/mol. The van der Waals surface area contributed by atoms with Gasteiger partial charge < -0.3 is 19.9 Å². The second kappa shape index (κ2) is 10.3.